The Labute approximate surface area is 233 Å². The molecule has 8 nitrogen and oxygen atoms in total. The fraction of sp³-hybridized carbons (Fsp3) is 0.233. The average molecular weight is 542 g/mol. The fourth-order valence-electron chi connectivity index (χ4n) is 5.28. The van der Waals surface area contributed by atoms with E-state index < -0.39 is 0 Å². The number of aromatic nitrogens is 2. The van der Waals surface area contributed by atoms with Crippen LogP contribution >= 0.6 is 12.2 Å². The number of nitrogens with one attached hydrogen (secondary N) is 2. The minimum atomic E-state index is -0.214. The number of ether oxygens (including phenoxy) is 1. The fourth-order valence-corrected chi connectivity index (χ4v) is 5.61. The SMILES string of the molecule is COc1ccccc1NC(=O)CCN1C(=S)N[C@H](c2ccccn2)[C@@H]1c1cc(C)n(-c2ccccc2O)c1C. The highest BCUT2D eigenvalue weighted by Gasteiger charge is 2.41. The quantitative estimate of drug-likeness (QED) is 0.264. The number of aryl methyl sites for hydroxylation is 1. The number of thiocarbonyl (C=S) groups is 1. The lowest BCUT2D eigenvalue weighted by Gasteiger charge is -2.28. The standard InChI is InChI=1S/C30H31N5O3S/c1-19-18-21(20(2)35(19)24-12-5-6-13-25(24)36)29-28(23-11-8-9-16-31-23)33-30(39)34(29)17-15-27(37)32-22-10-4-7-14-26(22)38-3/h4-14,16,18,28-29,36H,15,17H2,1-3H3,(H,32,37)(H,33,39)/t28-,29+/m1/s1. The van der Waals surface area contributed by atoms with Crippen LogP contribution in [0.15, 0.2) is 79.0 Å². The van der Waals surface area contributed by atoms with Crippen LogP contribution in [0.5, 0.6) is 11.5 Å². The molecular weight excluding hydrogens is 510 g/mol. The van der Waals surface area contributed by atoms with Crippen LogP contribution in [-0.2, 0) is 4.79 Å². The van der Waals surface area contributed by atoms with E-state index in [1.54, 1.807) is 19.4 Å². The van der Waals surface area contributed by atoms with Gasteiger partial charge in [-0.15, -0.1) is 0 Å². The summed E-state index contributed by atoms with van der Waals surface area (Å²) in [5.74, 6) is 0.674. The molecule has 0 radical (unpaired) electrons. The maximum atomic E-state index is 13.0. The topological polar surface area (TPSA) is 91.7 Å². The number of carbonyl (C=O) groups is 1. The lowest BCUT2D eigenvalue weighted by Crippen LogP contribution is -2.33. The molecular formula is C30H31N5O3S. The molecule has 4 aromatic rings. The number of hydrogen-bond donors (Lipinski definition) is 3. The number of para-hydroxylation sites is 4. The van der Waals surface area contributed by atoms with Gasteiger partial charge in [0, 0.05) is 30.6 Å². The van der Waals surface area contributed by atoms with Gasteiger partial charge in [0.25, 0.3) is 0 Å². The summed E-state index contributed by atoms with van der Waals surface area (Å²) in [6, 6.07) is 22.1. The van der Waals surface area contributed by atoms with Gasteiger partial charge in [0.1, 0.15) is 11.5 Å². The average Bonchev–Trinajstić information content (AvgIpc) is 3.42. The number of benzene rings is 2. The first-order chi connectivity index (χ1) is 18.9. The maximum absolute atomic E-state index is 13.0. The Morgan fingerprint density at radius 1 is 1.10 bits per heavy atom. The summed E-state index contributed by atoms with van der Waals surface area (Å²) in [5.41, 5.74) is 5.21. The van der Waals surface area contributed by atoms with Crippen LogP contribution in [-0.4, -0.2) is 44.2 Å². The van der Waals surface area contributed by atoms with Crippen molar-refractivity contribution in [3.05, 3.63) is 102 Å². The zero-order chi connectivity index (χ0) is 27.5. The number of hydrogen-bond acceptors (Lipinski definition) is 5. The van der Waals surface area contributed by atoms with E-state index in [-0.39, 0.29) is 30.2 Å². The number of rotatable bonds is 8. The zero-order valence-electron chi connectivity index (χ0n) is 22.1. The predicted octanol–water partition coefficient (Wildman–Crippen LogP) is 5.20. The van der Waals surface area contributed by atoms with Gasteiger partial charge < -0.3 is 29.9 Å². The zero-order valence-corrected chi connectivity index (χ0v) is 22.9. The van der Waals surface area contributed by atoms with Crippen molar-refractivity contribution in [1.82, 2.24) is 19.8 Å². The van der Waals surface area contributed by atoms with Crippen LogP contribution in [0.25, 0.3) is 5.69 Å². The lowest BCUT2D eigenvalue weighted by atomic mass is 9.96. The molecule has 1 aliphatic rings. The van der Waals surface area contributed by atoms with Crippen LogP contribution in [0.4, 0.5) is 5.69 Å². The number of nitrogens with zero attached hydrogens (tertiary/aromatic N) is 3. The minimum absolute atomic E-state index is 0.137. The number of methoxy groups -OCH3 is 1. The van der Waals surface area contributed by atoms with E-state index in [2.05, 4.69) is 26.6 Å². The number of carbonyl (C=O) groups excluding carboxylic acids is 1. The van der Waals surface area contributed by atoms with E-state index >= 15 is 0 Å². The van der Waals surface area contributed by atoms with E-state index in [0.717, 1.165) is 22.6 Å². The summed E-state index contributed by atoms with van der Waals surface area (Å²) < 4.78 is 7.42. The minimum Gasteiger partial charge on any atom is -0.506 e. The molecule has 0 bridgehead atoms. The lowest BCUT2D eigenvalue weighted by molar-refractivity contribution is -0.116. The van der Waals surface area contributed by atoms with Gasteiger partial charge in [-0.2, -0.15) is 0 Å². The monoisotopic (exact) mass is 541 g/mol. The highest BCUT2D eigenvalue weighted by atomic mass is 32.1. The summed E-state index contributed by atoms with van der Waals surface area (Å²) >= 11 is 5.80. The van der Waals surface area contributed by atoms with Gasteiger partial charge in [-0.3, -0.25) is 9.78 Å². The van der Waals surface area contributed by atoms with Crippen molar-refractivity contribution in [3.63, 3.8) is 0 Å². The largest absolute Gasteiger partial charge is 0.506 e. The molecule has 5 rings (SSSR count). The first-order valence-corrected chi connectivity index (χ1v) is 13.2. The van der Waals surface area contributed by atoms with Crippen molar-refractivity contribution in [1.29, 1.82) is 0 Å². The van der Waals surface area contributed by atoms with E-state index in [9.17, 15) is 9.90 Å². The van der Waals surface area contributed by atoms with E-state index in [4.69, 9.17) is 17.0 Å². The molecule has 9 heteroatoms. The highest BCUT2D eigenvalue weighted by molar-refractivity contribution is 7.80. The molecule has 39 heavy (non-hydrogen) atoms. The van der Waals surface area contributed by atoms with Crippen molar-refractivity contribution in [2.45, 2.75) is 32.4 Å². The Hall–Kier alpha value is -4.37. The van der Waals surface area contributed by atoms with Crippen molar-refractivity contribution in [2.75, 3.05) is 19.0 Å². The normalized spacial score (nSPS) is 16.7. The van der Waals surface area contributed by atoms with E-state index in [1.165, 1.54) is 0 Å². The van der Waals surface area contributed by atoms with Gasteiger partial charge in [0.2, 0.25) is 5.91 Å². The molecule has 1 aliphatic heterocycles. The van der Waals surface area contributed by atoms with Gasteiger partial charge in [0.15, 0.2) is 5.11 Å². The number of phenols is 1. The van der Waals surface area contributed by atoms with Gasteiger partial charge >= 0.3 is 0 Å². The van der Waals surface area contributed by atoms with Crippen molar-refractivity contribution in [3.8, 4) is 17.2 Å². The summed E-state index contributed by atoms with van der Waals surface area (Å²) in [4.78, 5) is 19.7. The molecule has 3 N–H and O–H groups in total. The maximum Gasteiger partial charge on any atom is 0.226 e. The molecule has 1 fully saturated rings. The van der Waals surface area contributed by atoms with Gasteiger partial charge in [-0.1, -0.05) is 30.3 Å². The Bertz CT molecular complexity index is 1500. The summed E-state index contributed by atoms with van der Waals surface area (Å²) in [6.07, 6.45) is 2.00. The number of phenolic OH excluding ortho intramolecular Hbond substituents is 1. The summed E-state index contributed by atoms with van der Waals surface area (Å²) in [6.45, 7) is 4.46. The van der Waals surface area contributed by atoms with Crippen LogP contribution in [0.3, 0.4) is 0 Å². The predicted molar refractivity (Wildman–Crippen MR) is 155 cm³/mol. The summed E-state index contributed by atoms with van der Waals surface area (Å²) in [5, 5.41) is 17.6. The Morgan fingerprint density at radius 2 is 1.85 bits per heavy atom. The molecule has 1 saturated heterocycles. The van der Waals surface area contributed by atoms with Crippen molar-refractivity contribution < 1.29 is 14.6 Å². The third-order valence-corrected chi connectivity index (χ3v) is 7.42. The molecule has 0 saturated carbocycles. The first-order valence-electron chi connectivity index (χ1n) is 12.8. The Kier molecular flexibility index (Phi) is 7.51. The van der Waals surface area contributed by atoms with Gasteiger partial charge in [-0.05, 0) is 74.1 Å². The van der Waals surface area contributed by atoms with Crippen molar-refractivity contribution in [2.24, 2.45) is 0 Å². The van der Waals surface area contributed by atoms with Crippen LogP contribution < -0.4 is 15.4 Å². The Morgan fingerprint density at radius 3 is 2.59 bits per heavy atom. The van der Waals surface area contributed by atoms with Crippen molar-refractivity contribution >= 4 is 28.9 Å². The van der Waals surface area contributed by atoms with Crippen LogP contribution in [0.2, 0.25) is 0 Å². The second-order valence-electron chi connectivity index (χ2n) is 9.47. The highest BCUT2D eigenvalue weighted by Crippen LogP contribution is 2.42. The first kappa shape index (κ1) is 26.2. The van der Waals surface area contributed by atoms with Gasteiger partial charge in [-0.25, -0.2) is 0 Å². The number of aromatic hydroxyl groups is 1. The molecule has 0 spiro atoms. The molecule has 0 unspecified atom stereocenters. The van der Waals surface area contributed by atoms with Crippen LogP contribution in [0, 0.1) is 13.8 Å². The van der Waals surface area contributed by atoms with Crippen LogP contribution in [0.1, 0.15) is 41.1 Å². The Balaban J connectivity index is 1.47. The third kappa shape index (κ3) is 5.18. The number of amides is 1. The molecule has 2 atom stereocenters. The third-order valence-electron chi connectivity index (χ3n) is 7.07. The number of pyridine rings is 1. The molecule has 1 amide bonds. The molecule has 2 aromatic heterocycles. The summed E-state index contributed by atoms with van der Waals surface area (Å²) in [7, 11) is 1.58. The second kappa shape index (κ2) is 11.2. The molecule has 200 valence electrons. The molecule has 0 aliphatic carbocycles. The van der Waals surface area contributed by atoms with E-state index in [1.807, 2.05) is 79.1 Å². The molecule has 2 aromatic carbocycles. The second-order valence-corrected chi connectivity index (χ2v) is 9.86. The smallest absolute Gasteiger partial charge is 0.226 e. The van der Waals surface area contributed by atoms with Gasteiger partial charge in [0.05, 0.1) is 36.3 Å². The molecule has 3 heterocycles. The van der Waals surface area contributed by atoms with E-state index in [0.29, 0.717) is 28.8 Å². The number of anilines is 1.